The maximum Gasteiger partial charge on any atom is 0.193 e. The van der Waals surface area contributed by atoms with Gasteiger partial charge in [-0.25, -0.2) is 4.39 Å². The van der Waals surface area contributed by atoms with Crippen LogP contribution in [0.3, 0.4) is 0 Å². The molecule has 9 atom stereocenters. The number of Topliss-reactive ketones (excluding diaryl/α,β-unsaturated/α-hetero) is 1. The van der Waals surface area contributed by atoms with Crippen molar-refractivity contribution in [2.75, 3.05) is 12.3 Å². The van der Waals surface area contributed by atoms with E-state index in [9.17, 15) is 19.8 Å². The zero-order valence-corrected chi connectivity index (χ0v) is 26.8. The number of rotatable bonds is 6. The Balaban J connectivity index is 1.21. The van der Waals surface area contributed by atoms with Crippen LogP contribution in [0.2, 0.25) is 0 Å². The third-order valence-electron chi connectivity index (χ3n) is 11.5. The van der Waals surface area contributed by atoms with Crippen molar-refractivity contribution >= 4 is 33.2 Å². The van der Waals surface area contributed by atoms with Crippen LogP contribution in [-0.4, -0.2) is 46.2 Å². The van der Waals surface area contributed by atoms with Gasteiger partial charge in [-0.05, 0) is 79.5 Å². The molecule has 8 nitrogen and oxygen atoms in total. The normalized spacial score (nSPS) is 38.2. The quantitative estimate of drug-likeness (QED) is 0.348. The average Bonchev–Trinajstić information content (AvgIpc) is 3.49. The van der Waals surface area contributed by atoms with Crippen LogP contribution in [0.5, 0.6) is 5.75 Å². The van der Waals surface area contributed by atoms with E-state index in [-0.39, 0.29) is 47.9 Å². The second-order valence-electron chi connectivity index (χ2n) is 13.6. The lowest BCUT2D eigenvalue weighted by molar-refractivity contribution is -0.201. The summed E-state index contributed by atoms with van der Waals surface area (Å²) in [4.78, 5) is 26.0. The number of nitrogens with two attached hydrogens (primary N) is 1. The van der Waals surface area contributed by atoms with Gasteiger partial charge in [0.15, 0.2) is 35.0 Å². The van der Waals surface area contributed by atoms with E-state index in [1.807, 2.05) is 19.1 Å². The zero-order chi connectivity index (χ0) is 31.9. The van der Waals surface area contributed by atoms with Gasteiger partial charge in [0.1, 0.15) is 13.2 Å². The molecule has 0 unspecified atom stereocenters. The summed E-state index contributed by atoms with van der Waals surface area (Å²) in [6.07, 6.45) is 4.54. The fourth-order valence-corrected chi connectivity index (χ4v) is 10.0. The maximum atomic E-state index is 16.1. The number of allylic oxidation sites excluding steroid dienone is 4. The number of benzene rings is 2. The first kappa shape index (κ1) is 30.7. The highest BCUT2D eigenvalue weighted by Gasteiger charge is 2.76. The number of anilines is 1. The molecule has 4 N–H and O–H groups in total. The molecule has 1 aliphatic heterocycles. The van der Waals surface area contributed by atoms with E-state index in [1.165, 1.54) is 6.07 Å². The van der Waals surface area contributed by atoms with Gasteiger partial charge in [-0.2, -0.15) is 0 Å². The molecule has 1 saturated heterocycles. The predicted molar refractivity (Wildman–Crippen MR) is 166 cm³/mol. The molecule has 3 saturated carbocycles. The Morgan fingerprint density at radius 2 is 2.04 bits per heavy atom. The van der Waals surface area contributed by atoms with Crippen molar-refractivity contribution in [2.24, 2.45) is 28.6 Å². The summed E-state index contributed by atoms with van der Waals surface area (Å²) in [5.74, 6) is -1.49. The molecule has 0 aromatic heterocycles. The molecule has 5 aliphatic rings. The number of carbonyl (C=O) groups is 2. The van der Waals surface area contributed by atoms with E-state index in [0.29, 0.717) is 23.0 Å². The van der Waals surface area contributed by atoms with Crippen molar-refractivity contribution in [1.29, 1.82) is 0 Å². The summed E-state index contributed by atoms with van der Waals surface area (Å²) in [5.41, 5.74) is 5.34. The number of hydrogen-bond acceptors (Lipinski definition) is 8. The number of fused-ring (bicyclic) bond motifs is 7. The molecule has 10 heteroatoms. The van der Waals surface area contributed by atoms with E-state index in [4.69, 9.17) is 19.9 Å². The van der Waals surface area contributed by atoms with Gasteiger partial charge in [0.05, 0.1) is 17.8 Å². The van der Waals surface area contributed by atoms with E-state index in [1.54, 1.807) is 36.4 Å². The minimum atomic E-state index is -1.59. The van der Waals surface area contributed by atoms with E-state index in [2.05, 4.69) is 22.9 Å². The SMILES string of the molecule is C[C@]12C=CC(=O)C=C1CC[C@@H]1[C@@H]2[C@@H](O)C[C@@]2(C)[C@H]1C[C@H]1O[C@H](c3c(Br)ccc(OCc4cccc(N)c4)c3F)O[C@]12C(=O)CO. The number of carbonyl (C=O) groups excluding carboxylic acids is 2. The van der Waals surface area contributed by atoms with Gasteiger partial charge in [0.25, 0.3) is 0 Å². The van der Waals surface area contributed by atoms with E-state index in [0.717, 1.165) is 17.6 Å². The molecule has 2 aromatic rings. The molecule has 1 heterocycles. The molecule has 0 amide bonds. The highest BCUT2D eigenvalue weighted by atomic mass is 79.9. The fourth-order valence-electron chi connectivity index (χ4n) is 9.54. The minimum Gasteiger partial charge on any atom is -0.486 e. The molecule has 0 radical (unpaired) electrons. The van der Waals surface area contributed by atoms with Crippen LogP contribution in [0.25, 0.3) is 0 Å². The second-order valence-corrected chi connectivity index (χ2v) is 14.5. The van der Waals surface area contributed by atoms with Gasteiger partial charge in [-0.3, -0.25) is 9.59 Å². The smallest absolute Gasteiger partial charge is 0.193 e. The summed E-state index contributed by atoms with van der Waals surface area (Å²) in [6.45, 7) is 3.34. The van der Waals surface area contributed by atoms with Crippen LogP contribution >= 0.6 is 15.9 Å². The first-order valence-electron chi connectivity index (χ1n) is 15.5. The van der Waals surface area contributed by atoms with Crippen molar-refractivity contribution in [3.8, 4) is 5.75 Å². The standard InChI is InChI=1S/C35H37BrFNO7/c1-33-11-10-21(40)13-19(33)6-7-22-23-14-28-35(27(42)16-39,34(23,2)15-25(41)30(22)33)45-32(44-28)29-24(36)8-9-26(31(29)37)43-17-18-4-3-5-20(38)12-18/h3-5,8-13,22-23,25,28,30,32,39,41H,6-7,14-17,38H2,1-2H3/t22-,23-,25-,28+,30+,32-,33-,34-,35+/m0/s1. The van der Waals surface area contributed by atoms with Crippen LogP contribution in [-0.2, 0) is 25.7 Å². The Morgan fingerprint density at radius 1 is 1.24 bits per heavy atom. The van der Waals surface area contributed by atoms with Gasteiger partial charge in [0, 0.05) is 26.9 Å². The van der Waals surface area contributed by atoms with Gasteiger partial charge in [-0.1, -0.05) is 53.6 Å². The highest BCUT2D eigenvalue weighted by molar-refractivity contribution is 9.10. The van der Waals surface area contributed by atoms with Gasteiger partial charge in [0.2, 0.25) is 0 Å². The number of aliphatic hydroxyl groups is 2. The first-order chi connectivity index (χ1) is 21.4. The Labute approximate surface area is 269 Å². The summed E-state index contributed by atoms with van der Waals surface area (Å²) < 4.78 is 35.4. The van der Waals surface area contributed by atoms with Crippen molar-refractivity contribution in [3.05, 3.63) is 81.6 Å². The molecule has 0 spiro atoms. The van der Waals surface area contributed by atoms with Crippen LogP contribution in [0.1, 0.15) is 56.9 Å². The number of halogens is 2. The average molecular weight is 683 g/mol. The third-order valence-corrected chi connectivity index (χ3v) is 12.2. The molecular weight excluding hydrogens is 645 g/mol. The van der Waals surface area contributed by atoms with Crippen LogP contribution < -0.4 is 10.5 Å². The van der Waals surface area contributed by atoms with Gasteiger partial charge >= 0.3 is 0 Å². The predicted octanol–water partition coefficient (Wildman–Crippen LogP) is 5.35. The van der Waals surface area contributed by atoms with Crippen LogP contribution in [0.15, 0.2) is 64.7 Å². The molecule has 238 valence electrons. The Morgan fingerprint density at radius 3 is 2.80 bits per heavy atom. The monoisotopic (exact) mass is 681 g/mol. The fraction of sp³-hybridized carbons (Fsp3) is 0.486. The number of ether oxygens (including phenoxy) is 3. The second kappa shape index (κ2) is 10.8. The Bertz CT molecular complexity index is 1640. The number of aliphatic hydroxyl groups excluding tert-OH is 2. The van der Waals surface area contributed by atoms with Crippen molar-refractivity contribution in [3.63, 3.8) is 0 Å². The largest absolute Gasteiger partial charge is 0.486 e. The van der Waals surface area contributed by atoms with Crippen LogP contribution in [0, 0.1) is 34.4 Å². The lowest BCUT2D eigenvalue weighted by Gasteiger charge is -2.59. The molecule has 4 aliphatic carbocycles. The molecular formula is C35H37BrFNO7. The van der Waals surface area contributed by atoms with Crippen molar-refractivity contribution in [2.45, 2.75) is 70.2 Å². The lowest BCUT2D eigenvalue weighted by atomic mass is 9.46. The Kier molecular flexibility index (Phi) is 7.41. The first-order valence-corrected chi connectivity index (χ1v) is 16.3. The maximum absolute atomic E-state index is 16.1. The number of nitrogen functional groups attached to an aromatic ring is 1. The van der Waals surface area contributed by atoms with Crippen LogP contribution in [0.4, 0.5) is 10.1 Å². The molecule has 7 rings (SSSR count). The summed E-state index contributed by atoms with van der Waals surface area (Å²) in [7, 11) is 0. The highest BCUT2D eigenvalue weighted by Crippen LogP contribution is 2.70. The number of ketones is 2. The zero-order valence-electron chi connectivity index (χ0n) is 25.2. The van der Waals surface area contributed by atoms with Crippen molar-refractivity contribution < 1.29 is 38.4 Å². The molecule has 0 bridgehead atoms. The molecule has 45 heavy (non-hydrogen) atoms. The Hall–Kier alpha value is -2.89. The third kappa shape index (κ3) is 4.43. The number of hydrogen-bond donors (Lipinski definition) is 3. The molecule has 4 fully saturated rings. The van der Waals surface area contributed by atoms with Gasteiger partial charge < -0.3 is 30.2 Å². The van der Waals surface area contributed by atoms with Crippen molar-refractivity contribution in [1.82, 2.24) is 0 Å². The van der Waals surface area contributed by atoms with E-state index >= 15 is 4.39 Å². The van der Waals surface area contributed by atoms with Gasteiger partial charge in [-0.15, -0.1) is 0 Å². The minimum absolute atomic E-state index is 0.0132. The summed E-state index contributed by atoms with van der Waals surface area (Å²) in [5, 5.41) is 22.1. The lowest BCUT2D eigenvalue weighted by Crippen LogP contribution is -2.63. The van der Waals surface area contributed by atoms with E-state index < -0.39 is 53.1 Å². The molecule has 2 aromatic carbocycles. The topological polar surface area (TPSA) is 128 Å². The summed E-state index contributed by atoms with van der Waals surface area (Å²) >= 11 is 3.45. The summed E-state index contributed by atoms with van der Waals surface area (Å²) in [6, 6.07) is 10.3.